The van der Waals surface area contributed by atoms with Crippen LogP contribution in [0.15, 0.2) is 60.8 Å². The Kier molecular flexibility index (Phi) is 3.62. The summed E-state index contributed by atoms with van der Waals surface area (Å²) < 4.78 is 1.58. The van der Waals surface area contributed by atoms with Crippen molar-refractivity contribution in [3.63, 3.8) is 0 Å². The Morgan fingerprint density at radius 3 is 2.73 bits per heavy atom. The van der Waals surface area contributed by atoms with E-state index in [2.05, 4.69) is 10.1 Å². The van der Waals surface area contributed by atoms with Gasteiger partial charge in [-0.1, -0.05) is 23.8 Å². The minimum Gasteiger partial charge on any atom is -0.507 e. The van der Waals surface area contributed by atoms with E-state index in [1.165, 1.54) is 18.2 Å². The number of hydrogen-bond acceptors (Lipinski definition) is 5. The minimum atomic E-state index is -0.497. The molecule has 7 nitrogen and oxygen atoms in total. The summed E-state index contributed by atoms with van der Waals surface area (Å²) in [6.07, 6.45) is 1.59. The first kappa shape index (κ1) is 15.8. The van der Waals surface area contributed by atoms with Gasteiger partial charge in [-0.05, 0) is 25.1 Å². The topological polar surface area (TPSA) is 93.6 Å². The number of rotatable bonds is 3. The molecule has 0 aliphatic rings. The Morgan fingerprint density at radius 2 is 1.96 bits per heavy atom. The van der Waals surface area contributed by atoms with Crippen molar-refractivity contribution in [2.45, 2.75) is 6.92 Å². The summed E-state index contributed by atoms with van der Waals surface area (Å²) >= 11 is 0. The fraction of sp³-hybridized carbons (Fsp3) is 0.0526. The van der Waals surface area contributed by atoms with Crippen molar-refractivity contribution < 1.29 is 10.0 Å². The van der Waals surface area contributed by atoms with Crippen LogP contribution in [0.4, 0.5) is 5.69 Å². The van der Waals surface area contributed by atoms with E-state index in [0.29, 0.717) is 16.9 Å². The molecule has 0 fully saturated rings. The van der Waals surface area contributed by atoms with Crippen molar-refractivity contribution in [2.24, 2.45) is 0 Å². The second-order valence-corrected chi connectivity index (χ2v) is 5.96. The Balaban J connectivity index is 1.92. The lowest BCUT2D eigenvalue weighted by Crippen LogP contribution is -1.97. The van der Waals surface area contributed by atoms with Crippen LogP contribution in [0, 0.1) is 17.0 Å². The third-order valence-corrected chi connectivity index (χ3v) is 4.14. The Hall–Kier alpha value is -3.74. The lowest BCUT2D eigenvalue weighted by atomic mass is 10.1. The minimum absolute atomic E-state index is 0.0595. The normalized spacial score (nSPS) is 11.0. The number of benzene rings is 2. The third-order valence-electron chi connectivity index (χ3n) is 4.14. The molecule has 0 saturated heterocycles. The number of aryl methyl sites for hydroxylation is 1. The van der Waals surface area contributed by atoms with Crippen molar-refractivity contribution in [3.8, 4) is 28.3 Å². The van der Waals surface area contributed by atoms with Crippen molar-refractivity contribution in [1.29, 1.82) is 0 Å². The monoisotopic (exact) mass is 346 g/mol. The molecule has 0 unspecified atom stereocenters. The van der Waals surface area contributed by atoms with Gasteiger partial charge in [-0.3, -0.25) is 10.1 Å². The van der Waals surface area contributed by atoms with Gasteiger partial charge >= 0.3 is 0 Å². The quantitative estimate of drug-likeness (QED) is 0.447. The molecule has 1 N–H and O–H groups in total. The zero-order valence-electron chi connectivity index (χ0n) is 13.8. The molecule has 4 aromatic rings. The van der Waals surface area contributed by atoms with Gasteiger partial charge in [-0.25, -0.2) is 9.50 Å². The Labute approximate surface area is 148 Å². The summed E-state index contributed by atoms with van der Waals surface area (Å²) in [5.74, 6) is -0.0595. The van der Waals surface area contributed by atoms with E-state index < -0.39 is 4.92 Å². The van der Waals surface area contributed by atoms with E-state index in [1.807, 2.05) is 37.3 Å². The SMILES string of the molecule is Cc1cccc(-c2cc3nccc(-c4cc([N+](=O)[O-])ccc4O)n3n2)c1. The number of aromatic hydroxyl groups is 1. The second-order valence-electron chi connectivity index (χ2n) is 5.96. The standard InChI is InChI=1S/C19H14N4O3/c1-12-3-2-4-13(9-12)16-11-19-20-8-7-17(22(19)21-16)15-10-14(23(25)26)5-6-18(15)24/h2-11,24H,1H3. The smallest absolute Gasteiger partial charge is 0.270 e. The molecule has 26 heavy (non-hydrogen) atoms. The van der Waals surface area contributed by atoms with E-state index in [0.717, 1.165) is 16.8 Å². The Morgan fingerprint density at radius 1 is 1.12 bits per heavy atom. The molecular formula is C19H14N4O3. The van der Waals surface area contributed by atoms with Crippen LogP contribution in [0.5, 0.6) is 5.75 Å². The van der Waals surface area contributed by atoms with Gasteiger partial charge in [0.25, 0.3) is 5.69 Å². The number of fused-ring (bicyclic) bond motifs is 1. The molecule has 2 heterocycles. The van der Waals surface area contributed by atoms with E-state index in [4.69, 9.17) is 0 Å². The van der Waals surface area contributed by atoms with E-state index in [1.54, 1.807) is 16.8 Å². The highest BCUT2D eigenvalue weighted by molar-refractivity contribution is 5.73. The second kappa shape index (κ2) is 5.96. The van der Waals surface area contributed by atoms with Crippen LogP contribution in [-0.2, 0) is 0 Å². The molecule has 0 amide bonds. The average molecular weight is 346 g/mol. The average Bonchev–Trinajstić information content (AvgIpc) is 3.06. The molecule has 2 aromatic carbocycles. The number of non-ortho nitro benzene ring substituents is 1. The highest BCUT2D eigenvalue weighted by atomic mass is 16.6. The predicted octanol–water partition coefficient (Wildman–Crippen LogP) is 3.99. The van der Waals surface area contributed by atoms with Crippen LogP contribution in [0.1, 0.15) is 5.56 Å². The predicted molar refractivity (Wildman–Crippen MR) is 96.9 cm³/mol. The van der Waals surface area contributed by atoms with Crippen LogP contribution in [0.25, 0.3) is 28.2 Å². The summed E-state index contributed by atoms with van der Waals surface area (Å²) in [6, 6.07) is 15.3. The lowest BCUT2D eigenvalue weighted by molar-refractivity contribution is -0.384. The van der Waals surface area contributed by atoms with Gasteiger partial charge in [0.15, 0.2) is 5.65 Å². The summed E-state index contributed by atoms with van der Waals surface area (Å²) in [5, 5.41) is 25.9. The molecule has 0 atom stereocenters. The van der Waals surface area contributed by atoms with E-state index in [9.17, 15) is 15.2 Å². The molecule has 7 heteroatoms. The van der Waals surface area contributed by atoms with Gasteiger partial charge in [0.05, 0.1) is 16.3 Å². The molecule has 4 rings (SSSR count). The fourth-order valence-corrected chi connectivity index (χ4v) is 2.89. The first-order valence-corrected chi connectivity index (χ1v) is 7.92. The number of nitrogens with zero attached hydrogens (tertiary/aromatic N) is 4. The van der Waals surface area contributed by atoms with Gasteiger partial charge in [0, 0.05) is 35.5 Å². The number of phenols is 1. The van der Waals surface area contributed by atoms with Crippen LogP contribution in [0.2, 0.25) is 0 Å². The van der Waals surface area contributed by atoms with Crippen LogP contribution >= 0.6 is 0 Å². The van der Waals surface area contributed by atoms with Crippen LogP contribution < -0.4 is 0 Å². The molecule has 2 aromatic heterocycles. The fourth-order valence-electron chi connectivity index (χ4n) is 2.89. The van der Waals surface area contributed by atoms with Crippen molar-refractivity contribution in [1.82, 2.24) is 14.6 Å². The van der Waals surface area contributed by atoms with Crippen molar-refractivity contribution in [2.75, 3.05) is 0 Å². The van der Waals surface area contributed by atoms with Gasteiger partial charge in [-0.2, -0.15) is 5.10 Å². The summed E-state index contributed by atoms with van der Waals surface area (Å²) in [4.78, 5) is 14.9. The Bertz CT molecular complexity index is 1150. The van der Waals surface area contributed by atoms with Gasteiger partial charge in [0.1, 0.15) is 5.75 Å². The molecule has 0 saturated carbocycles. The molecular weight excluding hydrogens is 332 g/mol. The van der Waals surface area contributed by atoms with Crippen molar-refractivity contribution in [3.05, 3.63) is 76.5 Å². The number of aromatic nitrogens is 3. The van der Waals surface area contributed by atoms with Crippen LogP contribution in [0.3, 0.4) is 0 Å². The number of hydrogen-bond donors (Lipinski definition) is 1. The molecule has 0 aliphatic heterocycles. The summed E-state index contributed by atoms with van der Waals surface area (Å²) in [7, 11) is 0. The molecule has 0 radical (unpaired) electrons. The lowest BCUT2D eigenvalue weighted by Gasteiger charge is -2.06. The van der Waals surface area contributed by atoms with Gasteiger partial charge in [-0.15, -0.1) is 0 Å². The van der Waals surface area contributed by atoms with Gasteiger partial charge < -0.3 is 5.11 Å². The van der Waals surface area contributed by atoms with E-state index >= 15 is 0 Å². The largest absolute Gasteiger partial charge is 0.507 e. The maximum absolute atomic E-state index is 11.1. The van der Waals surface area contributed by atoms with Crippen LogP contribution in [-0.4, -0.2) is 24.6 Å². The number of phenolic OH excluding ortho intramolecular Hbond substituents is 1. The zero-order valence-corrected chi connectivity index (χ0v) is 13.8. The highest BCUT2D eigenvalue weighted by Gasteiger charge is 2.16. The van der Waals surface area contributed by atoms with Crippen molar-refractivity contribution >= 4 is 11.3 Å². The highest BCUT2D eigenvalue weighted by Crippen LogP contribution is 2.33. The summed E-state index contributed by atoms with van der Waals surface area (Å²) in [5.41, 5.74) is 4.13. The zero-order chi connectivity index (χ0) is 18.3. The number of nitro groups is 1. The molecule has 128 valence electrons. The third kappa shape index (κ3) is 2.65. The first-order valence-electron chi connectivity index (χ1n) is 7.92. The maximum Gasteiger partial charge on any atom is 0.270 e. The summed E-state index contributed by atoms with van der Waals surface area (Å²) in [6.45, 7) is 2.00. The molecule has 0 aliphatic carbocycles. The number of nitro benzene ring substituents is 1. The molecule has 0 spiro atoms. The molecule has 0 bridgehead atoms. The van der Waals surface area contributed by atoms with Gasteiger partial charge in [0.2, 0.25) is 0 Å². The van der Waals surface area contributed by atoms with E-state index in [-0.39, 0.29) is 11.4 Å². The maximum atomic E-state index is 11.1. The first-order chi connectivity index (χ1) is 12.5.